The minimum atomic E-state index is -0.693. The molecule has 0 atom stereocenters. The van der Waals surface area contributed by atoms with E-state index in [1.54, 1.807) is 32.0 Å². The Morgan fingerprint density at radius 3 is 2.37 bits per heavy atom. The van der Waals surface area contributed by atoms with Gasteiger partial charge in [-0.2, -0.15) is 0 Å². The van der Waals surface area contributed by atoms with Gasteiger partial charge in [0.05, 0.1) is 10.6 Å². The lowest BCUT2D eigenvalue weighted by Crippen LogP contribution is -2.07. The van der Waals surface area contributed by atoms with E-state index in [2.05, 4.69) is 0 Å². The molecule has 0 aromatic heterocycles. The average Bonchev–Trinajstić information content (AvgIpc) is 2.36. The van der Waals surface area contributed by atoms with E-state index in [-0.39, 0.29) is 10.6 Å². The molecule has 0 fully saturated rings. The molecule has 2 rings (SSSR count). The third-order valence-electron chi connectivity index (χ3n) is 2.95. The van der Waals surface area contributed by atoms with Crippen molar-refractivity contribution in [1.82, 2.24) is 0 Å². The number of rotatable bonds is 2. The molecule has 0 radical (unpaired) electrons. The van der Waals surface area contributed by atoms with E-state index in [0.29, 0.717) is 16.1 Å². The summed E-state index contributed by atoms with van der Waals surface area (Å²) in [6, 6.07) is 7.75. The van der Waals surface area contributed by atoms with Crippen LogP contribution in [0.3, 0.4) is 0 Å². The fourth-order valence-corrected chi connectivity index (χ4v) is 2.24. The molecule has 0 saturated carbocycles. The molecule has 98 valence electrons. The Labute approximate surface area is 121 Å². The van der Waals surface area contributed by atoms with Gasteiger partial charge in [0.1, 0.15) is 0 Å². The smallest absolute Gasteiger partial charge is 0.196 e. The third kappa shape index (κ3) is 2.65. The van der Waals surface area contributed by atoms with Crippen LogP contribution in [0.1, 0.15) is 27.0 Å². The van der Waals surface area contributed by atoms with E-state index < -0.39 is 11.6 Å². The van der Waals surface area contributed by atoms with Gasteiger partial charge in [-0.05, 0) is 49.2 Å². The quantitative estimate of drug-likeness (QED) is 0.714. The second-order valence-electron chi connectivity index (χ2n) is 4.35. The van der Waals surface area contributed by atoms with Crippen LogP contribution in [0.4, 0.5) is 4.39 Å². The molecule has 1 nitrogen and oxygen atoms in total. The van der Waals surface area contributed by atoms with Gasteiger partial charge in [0, 0.05) is 10.6 Å². The van der Waals surface area contributed by atoms with Crippen LogP contribution in [0.2, 0.25) is 10.0 Å². The maximum absolute atomic E-state index is 13.9. The summed E-state index contributed by atoms with van der Waals surface area (Å²) < 4.78 is 13.9. The molecule has 0 spiro atoms. The van der Waals surface area contributed by atoms with E-state index >= 15 is 0 Å². The second kappa shape index (κ2) is 5.32. The first-order valence-electron chi connectivity index (χ1n) is 5.67. The van der Waals surface area contributed by atoms with E-state index in [9.17, 15) is 9.18 Å². The largest absolute Gasteiger partial charge is 0.288 e. The molecule has 2 aromatic carbocycles. The number of halogens is 3. The first-order chi connectivity index (χ1) is 8.91. The summed E-state index contributed by atoms with van der Waals surface area (Å²) in [7, 11) is 0. The van der Waals surface area contributed by atoms with Gasteiger partial charge in [0.25, 0.3) is 0 Å². The highest BCUT2D eigenvalue weighted by atomic mass is 35.5. The van der Waals surface area contributed by atoms with Crippen LogP contribution in [0.25, 0.3) is 0 Å². The van der Waals surface area contributed by atoms with Gasteiger partial charge in [0.2, 0.25) is 0 Å². The van der Waals surface area contributed by atoms with Gasteiger partial charge in [-0.3, -0.25) is 4.79 Å². The number of ketones is 1. The Morgan fingerprint density at radius 2 is 1.68 bits per heavy atom. The van der Waals surface area contributed by atoms with Crippen molar-refractivity contribution >= 4 is 29.0 Å². The highest BCUT2D eigenvalue weighted by Crippen LogP contribution is 2.25. The molecule has 0 aliphatic rings. The lowest BCUT2D eigenvalue weighted by Gasteiger charge is -2.09. The number of aryl methyl sites for hydroxylation is 2. The van der Waals surface area contributed by atoms with Gasteiger partial charge in [-0.15, -0.1) is 0 Å². The highest BCUT2D eigenvalue weighted by Gasteiger charge is 2.18. The molecule has 0 heterocycles. The van der Waals surface area contributed by atoms with Gasteiger partial charge >= 0.3 is 0 Å². The summed E-state index contributed by atoms with van der Waals surface area (Å²) in [4.78, 5) is 12.4. The minimum absolute atomic E-state index is 0.0303. The molecule has 19 heavy (non-hydrogen) atoms. The zero-order valence-electron chi connectivity index (χ0n) is 10.4. The molecule has 0 aliphatic heterocycles. The summed E-state index contributed by atoms with van der Waals surface area (Å²) in [6.45, 7) is 3.56. The lowest BCUT2D eigenvalue weighted by atomic mass is 9.97. The highest BCUT2D eigenvalue weighted by molar-refractivity contribution is 6.32. The SMILES string of the molecule is Cc1cc(C(=O)c2cccc(Cl)c2F)c(C)cc1Cl. The fourth-order valence-electron chi connectivity index (χ4n) is 1.85. The summed E-state index contributed by atoms with van der Waals surface area (Å²) in [5.41, 5.74) is 1.89. The van der Waals surface area contributed by atoms with Crippen molar-refractivity contribution in [3.05, 3.63) is 68.4 Å². The molecule has 4 heteroatoms. The van der Waals surface area contributed by atoms with E-state index in [1.165, 1.54) is 12.1 Å². The van der Waals surface area contributed by atoms with Crippen molar-refractivity contribution in [2.75, 3.05) is 0 Å². The monoisotopic (exact) mass is 296 g/mol. The Hall–Kier alpha value is -1.38. The van der Waals surface area contributed by atoms with Crippen LogP contribution in [0.5, 0.6) is 0 Å². The van der Waals surface area contributed by atoms with Crippen molar-refractivity contribution in [1.29, 1.82) is 0 Å². The second-order valence-corrected chi connectivity index (χ2v) is 5.16. The van der Waals surface area contributed by atoms with Crippen LogP contribution in [-0.4, -0.2) is 5.78 Å². The summed E-state index contributed by atoms with van der Waals surface area (Å²) >= 11 is 11.7. The molecular weight excluding hydrogens is 286 g/mol. The molecule has 0 bridgehead atoms. The van der Waals surface area contributed by atoms with Gasteiger partial charge in [-0.25, -0.2) is 4.39 Å². The molecular formula is C15H11Cl2FO. The average molecular weight is 297 g/mol. The van der Waals surface area contributed by atoms with Crippen molar-refractivity contribution < 1.29 is 9.18 Å². The number of benzene rings is 2. The number of hydrogen-bond acceptors (Lipinski definition) is 1. The van der Waals surface area contributed by atoms with Crippen LogP contribution >= 0.6 is 23.2 Å². The normalized spacial score (nSPS) is 10.6. The van der Waals surface area contributed by atoms with Crippen LogP contribution in [0, 0.1) is 19.7 Å². The topological polar surface area (TPSA) is 17.1 Å². The predicted octanol–water partition coefficient (Wildman–Crippen LogP) is 4.98. The summed E-state index contributed by atoms with van der Waals surface area (Å²) in [6.07, 6.45) is 0. The van der Waals surface area contributed by atoms with Crippen molar-refractivity contribution in [2.45, 2.75) is 13.8 Å². The van der Waals surface area contributed by atoms with E-state index in [0.717, 1.165) is 5.56 Å². The van der Waals surface area contributed by atoms with Crippen LogP contribution in [0.15, 0.2) is 30.3 Å². The van der Waals surface area contributed by atoms with Crippen molar-refractivity contribution in [3.63, 3.8) is 0 Å². The Balaban J connectivity index is 2.56. The lowest BCUT2D eigenvalue weighted by molar-refractivity contribution is 0.103. The van der Waals surface area contributed by atoms with E-state index in [4.69, 9.17) is 23.2 Å². The predicted molar refractivity (Wildman–Crippen MR) is 75.8 cm³/mol. The van der Waals surface area contributed by atoms with Crippen molar-refractivity contribution in [2.24, 2.45) is 0 Å². The Kier molecular flexibility index (Phi) is 3.93. The van der Waals surface area contributed by atoms with Crippen LogP contribution < -0.4 is 0 Å². The maximum Gasteiger partial charge on any atom is 0.196 e. The minimum Gasteiger partial charge on any atom is -0.288 e. The van der Waals surface area contributed by atoms with Gasteiger partial charge in [0.15, 0.2) is 11.6 Å². The van der Waals surface area contributed by atoms with Crippen LogP contribution in [-0.2, 0) is 0 Å². The summed E-state index contributed by atoms with van der Waals surface area (Å²) in [5, 5.41) is 0.523. The number of carbonyl (C=O) groups is 1. The third-order valence-corrected chi connectivity index (χ3v) is 3.65. The Bertz CT molecular complexity index is 665. The van der Waals surface area contributed by atoms with E-state index in [1.807, 2.05) is 0 Å². The number of hydrogen-bond donors (Lipinski definition) is 0. The van der Waals surface area contributed by atoms with Gasteiger partial charge in [-0.1, -0.05) is 29.3 Å². The molecule has 0 N–H and O–H groups in total. The standard InChI is InChI=1S/C15H11Cl2FO/c1-8-7-13(17)9(2)6-11(8)15(19)10-4-3-5-12(16)14(10)18/h3-7H,1-2H3. The molecule has 0 aliphatic carbocycles. The number of carbonyl (C=O) groups excluding carboxylic acids is 1. The summed E-state index contributed by atoms with van der Waals surface area (Å²) in [5.74, 6) is -1.08. The maximum atomic E-state index is 13.9. The van der Waals surface area contributed by atoms with Gasteiger partial charge < -0.3 is 0 Å². The molecule has 0 unspecified atom stereocenters. The molecule has 0 saturated heterocycles. The Morgan fingerprint density at radius 1 is 1.00 bits per heavy atom. The zero-order chi connectivity index (χ0) is 14.2. The first-order valence-corrected chi connectivity index (χ1v) is 6.43. The fraction of sp³-hybridized carbons (Fsp3) is 0.133. The van der Waals surface area contributed by atoms with Crippen molar-refractivity contribution in [3.8, 4) is 0 Å². The molecule has 0 amide bonds. The first kappa shape index (κ1) is 14.0. The zero-order valence-corrected chi connectivity index (χ0v) is 11.9. The molecule has 2 aromatic rings.